The maximum absolute atomic E-state index is 15.0. The van der Waals surface area contributed by atoms with E-state index in [2.05, 4.69) is 15.2 Å². The number of H-pyrrole nitrogens is 1. The largest absolute Gasteiger partial charge is 0.444 e. The van der Waals surface area contributed by atoms with Crippen LogP contribution in [0, 0.1) is 19.7 Å². The number of nitrogens with one attached hydrogen (secondary N) is 2. The number of piperidine rings is 1. The van der Waals surface area contributed by atoms with Crippen molar-refractivity contribution in [2.75, 3.05) is 11.4 Å². The van der Waals surface area contributed by atoms with Crippen molar-refractivity contribution in [2.24, 2.45) is 0 Å². The van der Waals surface area contributed by atoms with E-state index in [0.717, 1.165) is 11.3 Å². The molecule has 0 spiro atoms. The molecule has 2 atom stereocenters. The Morgan fingerprint density at radius 2 is 1.76 bits per heavy atom. The van der Waals surface area contributed by atoms with Crippen LogP contribution in [0.15, 0.2) is 23.0 Å². The number of rotatable bonds is 7. The molecule has 1 aliphatic heterocycles. The molecule has 3 rings (SSSR count). The van der Waals surface area contributed by atoms with Gasteiger partial charge in [0.15, 0.2) is 0 Å². The lowest BCUT2D eigenvalue weighted by Gasteiger charge is -2.47. The van der Waals surface area contributed by atoms with Crippen LogP contribution in [0.3, 0.4) is 0 Å². The number of halogens is 1. The number of carbonyl (C=O) groups excluding carboxylic acids is 2. The number of hydrogen-bond acceptors (Lipinski definition) is 5. The van der Waals surface area contributed by atoms with Crippen molar-refractivity contribution in [1.82, 2.24) is 15.2 Å². The maximum Gasteiger partial charge on any atom is 0.410 e. The number of likely N-dealkylation sites (tertiary alicyclic amines) is 1. The minimum absolute atomic E-state index is 0.0415. The topological polar surface area (TPSA) is 94.7 Å². The van der Waals surface area contributed by atoms with Crippen LogP contribution in [-0.2, 0) is 11.3 Å². The van der Waals surface area contributed by atoms with Crippen LogP contribution in [-0.4, -0.2) is 52.2 Å². The highest BCUT2D eigenvalue weighted by molar-refractivity contribution is 5.97. The fraction of sp³-hybridized carbons (Fsp3) is 0.594. The summed E-state index contributed by atoms with van der Waals surface area (Å²) in [6.07, 6.45) is 1.04. The Labute approximate surface area is 243 Å². The predicted octanol–water partition coefficient (Wildman–Crippen LogP) is 6.19. The van der Waals surface area contributed by atoms with Crippen molar-refractivity contribution in [2.45, 2.75) is 118 Å². The molecule has 2 heterocycles. The average molecular weight is 571 g/mol. The summed E-state index contributed by atoms with van der Waals surface area (Å²) in [7, 11) is 0. The third kappa shape index (κ3) is 7.49. The number of benzene rings is 1. The molecule has 1 aromatic carbocycles. The van der Waals surface area contributed by atoms with Gasteiger partial charge in [-0.15, -0.1) is 0 Å². The third-order valence-corrected chi connectivity index (χ3v) is 7.81. The van der Waals surface area contributed by atoms with E-state index in [1.165, 1.54) is 12.1 Å². The molecule has 9 heteroatoms. The summed E-state index contributed by atoms with van der Waals surface area (Å²) in [6, 6.07) is 4.54. The van der Waals surface area contributed by atoms with Crippen LogP contribution >= 0.6 is 0 Å². The zero-order valence-corrected chi connectivity index (χ0v) is 26.3. The molecule has 2 aromatic rings. The van der Waals surface area contributed by atoms with E-state index in [9.17, 15) is 14.4 Å². The quantitative estimate of drug-likeness (QED) is 0.414. The average Bonchev–Trinajstić information content (AvgIpc) is 2.83. The summed E-state index contributed by atoms with van der Waals surface area (Å²) < 4.78 is 20.7. The molecule has 8 nitrogen and oxygen atoms in total. The predicted molar refractivity (Wildman–Crippen MR) is 161 cm³/mol. The molecule has 1 aromatic heterocycles. The normalized spacial score (nSPS) is 19.3. The van der Waals surface area contributed by atoms with Gasteiger partial charge in [-0.3, -0.25) is 9.59 Å². The molecule has 2 N–H and O–H groups in total. The first-order valence-corrected chi connectivity index (χ1v) is 14.6. The first-order valence-electron chi connectivity index (χ1n) is 14.6. The van der Waals surface area contributed by atoms with Crippen molar-refractivity contribution in [3.05, 3.63) is 62.3 Å². The molecule has 0 bridgehead atoms. The molecule has 0 aliphatic carbocycles. The summed E-state index contributed by atoms with van der Waals surface area (Å²) in [4.78, 5) is 45.7. The molecular formula is C32H47FN4O4. The Morgan fingerprint density at radius 1 is 1.15 bits per heavy atom. The number of aryl methyl sites for hydroxylation is 1. The number of hydrogen-bond donors (Lipinski definition) is 2. The number of pyridine rings is 1. The SMILES string of the molecule is CCN(c1cc(F)cc(C(=O)NCc2c(C(C)C)cc(C)[nH]c2=O)c1C)C1C[C@@H](C)N(C(=O)OC(C)(C)C)[C@H](C)C1. The lowest BCUT2D eigenvalue weighted by molar-refractivity contribution is -0.00252. The molecule has 1 fully saturated rings. The summed E-state index contributed by atoms with van der Waals surface area (Å²) in [5.41, 5.74) is 2.89. The smallest absolute Gasteiger partial charge is 0.410 e. The number of aromatic amines is 1. The summed E-state index contributed by atoms with van der Waals surface area (Å²) >= 11 is 0. The van der Waals surface area contributed by atoms with E-state index < -0.39 is 17.3 Å². The molecule has 0 unspecified atom stereocenters. The van der Waals surface area contributed by atoms with E-state index in [1.54, 1.807) is 4.90 Å². The summed E-state index contributed by atoms with van der Waals surface area (Å²) in [5.74, 6) is -0.831. The van der Waals surface area contributed by atoms with Crippen molar-refractivity contribution < 1.29 is 18.7 Å². The zero-order chi connectivity index (χ0) is 30.8. The Balaban J connectivity index is 1.85. The molecule has 1 aliphatic rings. The van der Waals surface area contributed by atoms with Gasteiger partial charge in [-0.2, -0.15) is 0 Å². The van der Waals surface area contributed by atoms with Gasteiger partial charge < -0.3 is 24.8 Å². The van der Waals surface area contributed by atoms with Gasteiger partial charge in [0.2, 0.25) is 0 Å². The van der Waals surface area contributed by atoms with Gasteiger partial charge in [0.05, 0.1) is 0 Å². The second kappa shape index (κ2) is 12.7. The van der Waals surface area contributed by atoms with Gasteiger partial charge >= 0.3 is 6.09 Å². The van der Waals surface area contributed by atoms with Crippen LogP contribution in [0.1, 0.15) is 107 Å². The summed E-state index contributed by atoms with van der Waals surface area (Å²) in [6.45, 7) is 19.9. The highest BCUT2D eigenvalue weighted by Crippen LogP contribution is 2.34. The molecule has 226 valence electrons. The monoisotopic (exact) mass is 570 g/mol. The van der Waals surface area contributed by atoms with Gasteiger partial charge in [0, 0.05) is 53.7 Å². The van der Waals surface area contributed by atoms with Crippen molar-refractivity contribution in [3.63, 3.8) is 0 Å². The minimum atomic E-state index is -0.582. The van der Waals surface area contributed by atoms with Crippen LogP contribution in [0.2, 0.25) is 0 Å². The van der Waals surface area contributed by atoms with E-state index in [1.807, 2.05) is 75.3 Å². The number of carbonyl (C=O) groups is 2. The summed E-state index contributed by atoms with van der Waals surface area (Å²) in [5, 5.41) is 2.85. The Kier molecular flexibility index (Phi) is 9.93. The second-order valence-electron chi connectivity index (χ2n) is 12.6. The molecule has 41 heavy (non-hydrogen) atoms. The Bertz CT molecular complexity index is 1320. The first-order chi connectivity index (χ1) is 19.0. The van der Waals surface area contributed by atoms with Crippen molar-refractivity contribution in [1.29, 1.82) is 0 Å². The van der Waals surface area contributed by atoms with Gasteiger partial charge in [-0.05, 0) is 103 Å². The van der Waals surface area contributed by atoms with Gasteiger partial charge in [0.1, 0.15) is 11.4 Å². The standard InChI is InChI=1S/C32H47FN4O4/c1-11-36(24-13-20(5)37(21(6)14-24)31(40)41-32(8,9)10)28-16-23(33)15-26(22(28)7)29(38)34-17-27-25(18(2)3)12-19(4)35-30(27)39/h12,15-16,18,20-21,24H,11,13-14,17H2,1-10H3,(H,34,38)(H,35,39)/t20-,21-/m1/s1. The fourth-order valence-electron chi connectivity index (χ4n) is 6.00. The van der Waals surface area contributed by atoms with E-state index in [0.29, 0.717) is 36.2 Å². The van der Waals surface area contributed by atoms with E-state index in [-0.39, 0.29) is 47.8 Å². The van der Waals surface area contributed by atoms with Crippen molar-refractivity contribution >= 4 is 17.7 Å². The van der Waals surface area contributed by atoms with Crippen LogP contribution in [0.4, 0.5) is 14.9 Å². The molecular weight excluding hydrogens is 523 g/mol. The second-order valence-corrected chi connectivity index (χ2v) is 12.6. The Morgan fingerprint density at radius 3 is 2.29 bits per heavy atom. The highest BCUT2D eigenvalue weighted by atomic mass is 19.1. The number of amides is 2. The van der Waals surface area contributed by atoms with Gasteiger partial charge in [0.25, 0.3) is 11.5 Å². The highest BCUT2D eigenvalue weighted by Gasteiger charge is 2.38. The van der Waals surface area contributed by atoms with Gasteiger partial charge in [-0.25, -0.2) is 9.18 Å². The number of aromatic nitrogens is 1. The lowest BCUT2D eigenvalue weighted by atomic mass is 9.90. The van der Waals surface area contributed by atoms with Crippen molar-refractivity contribution in [3.8, 4) is 0 Å². The lowest BCUT2D eigenvalue weighted by Crippen LogP contribution is -2.56. The molecule has 0 radical (unpaired) electrons. The molecule has 0 saturated carbocycles. The molecule has 2 amide bonds. The Hall–Kier alpha value is -3.36. The number of ether oxygens (including phenoxy) is 1. The number of nitrogens with zero attached hydrogens (tertiary/aromatic N) is 2. The van der Waals surface area contributed by atoms with Crippen LogP contribution < -0.4 is 15.8 Å². The minimum Gasteiger partial charge on any atom is -0.444 e. The van der Waals surface area contributed by atoms with E-state index >= 15 is 4.39 Å². The van der Waals surface area contributed by atoms with Gasteiger partial charge in [-0.1, -0.05) is 13.8 Å². The number of anilines is 1. The van der Waals surface area contributed by atoms with E-state index in [4.69, 9.17) is 4.74 Å². The maximum atomic E-state index is 15.0. The molecule has 1 saturated heterocycles. The first kappa shape index (κ1) is 32.2. The van der Waals surface area contributed by atoms with Crippen LogP contribution in [0.25, 0.3) is 0 Å². The zero-order valence-electron chi connectivity index (χ0n) is 26.3. The third-order valence-electron chi connectivity index (χ3n) is 7.81. The fourth-order valence-corrected chi connectivity index (χ4v) is 6.00. The van der Waals surface area contributed by atoms with Crippen LogP contribution in [0.5, 0.6) is 0 Å².